The summed E-state index contributed by atoms with van der Waals surface area (Å²) < 4.78 is 7.86. The van der Waals surface area contributed by atoms with Crippen LogP contribution in [0.4, 0.5) is 5.95 Å². The highest BCUT2D eigenvalue weighted by Crippen LogP contribution is 2.33. The summed E-state index contributed by atoms with van der Waals surface area (Å²) in [6.07, 6.45) is 0.996. The summed E-state index contributed by atoms with van der Waals surface area (Å²) in [5, 5.41) is 9.66. The van der Waals surface area contributed by atoms with Gasteiger partial charge in [0.05, 0.1) is 0 Å². The van der Waals surface area contributed by atoms with E-state index in [1.165, 1.54) is 0 Å². The molecule has 1 atom stereocenters. The van der Waals surface area contributed by atoms with Crippen molar-refractivity contribution in [3.63, 3.8) is 0 Å². The van der Waals surface area contributed by atoms with Crippen LogP contribution in [0.5, 0.6) is 5.75 Å². The van der Waals surface area contributed by atoms with E-state index < -0.39 is 0 Å². The van der Waals surface area contributed by atoms with Gasteiger partial charge in [-0.1, -0.05) is 23.4 Å². The van der Waals surface area contributed by atoms with Crippen LogP contribution in [0.3, 0.4) is 0 Å². The zero-order valence-corrected chi connectivity index (χ0v) is 13.5. The van der Waals surface area contributed by atoms with Crippen LogP contribution in [-0.2, 0) is 6.42 Å². The number of anilines is 1. The van der Waals surface area contributed by atoms with E-state index >= 15 is 0 Å². The van der Waals surface area contributed by atoms with Crippen molar-refractivity contribution in [2.24, 2.45) is 0 Å². The molecule has 2 aromatic rings. The maximum absolute atomic E-state index is 6.01. The normalized spacial score (nSPS) is 17.0. The molecule has 0 saturated carbocycles. The number of ether oxygens (including phenoxy) is 1. The van der Waals surface area contributed by atoms with Gasteiger partial charge in [-0.05, 0) is 37.6 Å². The number of halogens is 1. The lowest BCUT2D eigenvalue weighted by molar-refractivity contribution is 0.259. The largest absolute Gasteiger partial charge is 0.489 e. The minimum Gasteiger partial charge on any atom is -0.489 e. The van der Waals surface area contributed by atoms with Gasteiger partial charge in [0.25, 0.3) is 0 Å². The van der Waals surface area contributed by atoms with E-state index in [1.807, 2.05) is 22.8 Å². The van der Waals surface area contributed by atoms with Gasteiger partial charge >= 0.3 is 0 Å². The lowest BCUT2D eigenvalue weighted by atomic mass is 10.1. The smallest absolute Gasteiger partial charge is 0.222 e. The molecule has 0 fully saturated rings. The highest BCUT2D eigenvalue weighted by molar-refractivity contribution is 7.99. The molecule has 1 aromatic heterocycles. The summed E-state index contributed by atoms with van der Waals surface area (Å²) in [5.74, 6) is 2.18. The van der Waals surface area contributed by atoms with E-state index in [0.29, 0.717) is 5.95 Å². The number of rotatable bonds is 4. The van der Waals surface area contributed by atoms with E-state index in [1.54, 1.807) is 11.8 Å². The van der Waals surface area contributed by atoms with Gasteiger partial charge in [0.2, 0.25) is 5.95 Å². The van der Waals surface area contributed by atoms with Gasteiger partial charge in [-0.3, -0.25) is 4.57 Å². The standard InChI is InChI=1S/C14H17ClN4OS/c1-8(2)19-13(16)17-18-14(19)21-7-11-6-9-5-10(15)3-4-12(9)20-11/h3-5,8,11H,6-7H2,1-2H3,(H2,16,17). The van der Waals surface area contributed by atoms with Crippen molar-refractivity contribution < 1.29 is 4.74 Å². The van der Waals surface area contributed by atoms with Gasteiger partial charge in [-0.25, -0.2) is 0 Å². The lowest BCUT2D eigenvalue weighted by Gasteiger charge is -2.13. The Bertz CT molecular complexity index is 658. The van der Waals surface area contributed by atoms with Crippen LogP contribution in [0.15, 0.2) is 23.4 Å². The van der Waals surface area contributed by atoms with E-state index in [-0.39, 0.29) is 12.1 Å². The lowest BCUT2D eigenvalue weighted by Crippen LogP contribution is -2.16. The molecule has 2 heterocycles. The summed E-state index contributed by atoms with van der Waals surface area (Å²) in [6.45, 7) is 4.13. The number of benzene rings is 1. The van der Waals surface area contributed by atoms with Crippen LogP contribution < -0.4 is 10.5 Å². The summed E-state index contributed by atoms with van der Waals surface area (Å²) >= 11 is 7.63. The Kier molecular flexibility index (Phi) is 3.99. The minimum absolute atomic E-state index is 0.127. The third-order valence-electron chi connectivity index (χ3n) is 3.37. The maximum atomic E-state index is 6.01. The Morgan fingerprint density at radius 2 is 2.29 bits per heavy atom. The van der Waals surface area contributed by atoms with Crippen molar-refractivity contribution in [1.82, 2.24) is 14.8 Å². The van der Waals surface area contributed by atoms with Crippen LogP contribution in [-0.4, -0.2) is 26.6 Å². The molecule has 0 saturated heterocycles. The molecule has 112 valence electrons. The van der Waals surface area contributed by atoms with Crippen molar-refractivity contribution >= 4 is 29.3 Å². The summed E-state index contributed by atoms with van der Waals surface area (Å²) in [4.78, 5) is 0. The zero-order valence-electron chi connectivity index (χ0n) is 11.9. The molecule has 0 bridgehead atoms. The van der Waals surface area contributed by atoms with Crippen LogP contribution in [0.2, 0.25) is 5.02 Å². The van der Waals surface area contributed by atoms with Crippen LogP contribution in [0.1, 0.15) is 25.5 Å². The fraction of sp³-hybridized carbons (Fsp3) is 0.429. The molecule has 5 nitrogen and oxygen atoms in total. The van der Waals surface area contributed by atoms with E-state index in [2.05, 4.69) is 24.0 Å². The quantitative estimate of drug-likeness (QED) is 0.875. The average molecular weight is 325 g/mol. The predicted octanol–water partition coefficient (Wildman–Crippen LogP) is 3.19. The molecule has 0 radical (unpaired) electrons. The van der Waals surface area contributed by atoms with Gasteiger partial charge in [-0.15, -0.1) is 10.2 Å². The number of hydrogen-bond acceptors (Lipinski definition) is 5. The number of nitrogens with two attached hydrogens (primary N) is 1. The average Bonchev–Trinajstić information content (AvgIpc) is 2.98. The summed E-state index contributed by atoms with van der Waals surface area (Å²) in [6, 6.07) is 5.99. The molecular weight excluding hydrogens is 308 g/mol. The van der Waals surface area contributed by atoms with Crippen LogP contribution >= 0.6 is 23.4 Å². The maximum Gasteiger partial charge on any atom is 0.222 e. The molecular formula is C14H17ClN4OS. The second-order valence-corrected chi connectivity index (χ2v) is 6.74. The monoisotopic (exact) mass is 324 g/mol. The second-order valence-electron chi connectivity index (χ2n) is 5.31. The van der Waals surface area contributed by atoms with Crippen LogP contribution in [0.25, 0.3) is 0 Å². The first-order chi connectivity index (χ1) is 10.0. The highest BCUT2D eigenvalue weighted by atomic mass is 35.5. The first-order valence-electron chi connectivity index (χ1n) is 6.83. The molecule has 1 aromatic carbocycles. The molecule has 1 aliphatic rings. The first kappa shape index (κ1) is 14.5. The molecule has 0 spiro atoms. The molecule has 3 rings (SSSR count). The van der Waals surface area contributed by atoms with E-state index in [4.69, 9.17) is 22.1 Å². The number of nitrogen functional groups attached to an aromatic ring is 1. The Morgan fingerprint density at radius 1 is 1.48 bits per heavy atom. The van der Waals surface area contributed by atoms with Crippen molar-refractivity contribution in [3.05, 3.63) is 28.8 Å². The SMILES string of the molecule is CC(C)n1c(N)nnc1SCC1Cc2cc(Cl)ccc2O1. The van der Waals surface area contributed by atoms with Gasteiger partial charge in [0.1, 0.15) is 11.9 Å². The molecule has 0 aliphatic carbocycles. The highest BCUT2D eigenvalue weighted by Gasteiger charge is 2.24. The van der Waals surface area contributed by atoms with Gasteiger partial charge < -0.3 is 10.5 Å². The fourth-order valence-corrected chi connectivity index (χ4v) is 3.68. The van der Waals surface area contributed by atoms with Gasteiger partial charge in [0, 0.05) is 23.2 Å². The number of nitrogens with zero attached hydrogens (tertiary/aromatic N) is 3. The van der Waals surface area contributed by atoms with E-state index in [0.717, 1.165) is 33.7 Å². The Balaban J connectivity index is 1.65. The van der Waals surface area contributed by atoms with Crippen LogP contribution in [0, 0.1) is 0 Å². The summed E-state index contributed by atoms with van der Waals surface area (Å²) in [5.41, 5.74) is 7.01. The topological polar surface area (TPSA) is 66.0 Å². The number of thioether (sulfide) groups is 1. The predicted molar refractivity (Wildman–Crippen MR) is 85.1 cm³/mol. The Labute approximate surface area is 132 Å². The zero-order chi connectivity index (χ0) is 15.0. The number of fused-ring (bicyclic) bond motifs is 1. The first-order valence-corrected chi connectivity index (χ1v) is 8.19. The van der Waals surface area contributed by atoms with Crippen molar-refractivity contribution in [1.29, 1.82) is 0 Å². The summed E-state index contributed by atoms with van der Waals surface area (Å²) in [7, 11) is 0. The van der Waals surface area contributed by atoms with Gasteiger partial charge in [-0.2, -0.15) is 0 Å². The fourth-order valence-electron chi connectivity index (χ4n) is 2.42. The third-order valence-corrected chi connectivity index (χ3v) is 4.68. The number of hydrogen-bond donors (Lipinski definition) is 1. The Morgan fingerprint density at radius 3 is 3.05 bits per heavy atom. The van der Waals surface area contributed by atoms with Crippen molar-refractivity contribution in [3.8, 4) is 5.75 Å². The second kappa shape index (κ2) is 5.77. The molecule has 2 N–H and O–H groups in total. The molecule has 1 unspecified atom stereocenters. The molecule has 1 aliphatic heterocycles. The minimum atomic E-state index is 0.127. The molecule has 7 heteroatoms. The molecule has 0 amide bonds. The molecule has 21 heavy (non-hydrogen) atoms. The van der Waals surface area contributed by atoms with Gasteiger partial charge in [0.15, 0.2) is 5.16 Å². The number of aromatic nitrogens is 3. The van der Waals surface area contributed by atoms with E-state index in [9.17, 15) is 0 Å². The van der Waals surface area contributed by atoms with Crippen molar-refractivity contribution in [2.45, 2.75) is 37.6 Å². The third kappa shape index (κ3) is 2.96. The van der Waals surface area contributed by atoms with Crippen molar-refractivity contribution in [2.75, 3.05) is 11.5 Å². The Hall–Kier alpha value is -1.40.